The van der Waals surface area contributed by atoms with Crippen LogP contribution in [-0.4, -0.2) is 18.7 Å². The van der Waals surface area contributed by atoms with Crippen molar-refractivity contribution in [3.8, 4) is 11.5 Å². The summed E-state index contributed by atoms with van der Waals surface area (Å²) in [7, 11) is 0. The zero-order valence-corrected chi connectivity index (χ0v) is 16.2. The third-order valence-corrected chi connectivity index (χ3v) is 5.36. The molecule has 1 heterocycles. The monoisotopic (exact) mass is 419 g/mol. The van der Waals surface area contributed by atoms with Crippen molar-refractivity contribution in [3.63, 3.8) is 0 Å². The average Bonchev–Trinajstić information content (AvgIpc) is 3.20. The Labute approximate surface area is 172 Å². The van der Waals surface area contributed by atoms with E-state index in [9.17, 15) is 18.0 Å². The topological polar surface area (TPSA) is 61.7 Å². The van der Waals surface area contributed by atoms with E-state index in [1.54, 1.807) is 18.2 Å². The van der Waals surface area contributed by atoms with Crippen LogP contribution in [0.1, 0.15) is 49.3 Å². The van der Waals surface area contributed by atoms with Crippen molar-refractivity contribution in [3.05, 3.63) is 58.9 Å². The van der Waals surface area contributed by atoms with Gasteiger partial charge in [-0.05, 0) is 36.6 Å². The molecule has 1 N–H and O–H groups in total. The fraction of sp³-hybridized carbons (Fsp3) is 0.409. The number of hydrogen-bond donors (Lipinski definition) is 1. The van der Waals surface area contributed by atoms with Gasteiger partial charge < -0.3 is 20.1 Å². The quantitative estimate of drug-likeness (QED) is 0.683. The first-order valence-electron chi connectivity index (χ1n) is 9.98. The lowest BCUT2D eigenvalue weighted by Gasteiger charge is -2.35. The van der Waals surface area contributed by atoms with Gasteiger partial charge in [-0.15, -0.1) is 5.69 Å². The molecule has 0 bridgehead atoms. The lowest BCUT2D eigenvalue weighted by Crippen LogP contribution is -2.38. The maximum Gasteiger partial charge on any atom is 0.416 e. The number of alkyl halides is 3. The van der Waals surface area contributed by atoms with Crippen LogP contribution in [0.2, 0.25) is 0 Å². The van der Waals surface area contributed by atoms with Crippen molar-refractivity contribution in [1.29, 1.82) is 0 Å². The van der Waals surface area contributed by atoms with Crippen LogP contribution in [0.3, 0.4) is 0 Å². The third kappa shape index (κ3) is 4.63. The molecule has 8 heteroatoms. The van der Waals surface area contributed by atoms with E-state index in [0.29, 0.717) is 17.1 Å². The molecule has 2 aliphatic rings. The minimum absolute atomic E-state index is 0.0551. The average molecular weight is 419 g/mol. The summed E-state index contributed by atoms with van der Waals surface area (Å²) in [6, 6.07) is 8.77. The molecule has 0 saturated heterocycles. The summed E-state index contributed by atoms with van der Waals surface area (Å²) in [5, 5.41) is 7.41. The van der Waals surface area contributed by atoms with Crippen LogP contribution in [0.25, 0.3) is 5.32 Å². The number of fused-ring (bicyclic) bond motifs is 1. The maximum absolute atomic E-state index is 13.1. The second-order valence-electron chi connectivity index (χ2n) is 7.54. The number of nitrogens with zero attached hydrogens (tertiary/aromatic N) is 1. The highest BCUT2D eigenvalue weighted by atomic mass is 19.4. The summed E-state index contributed by atoms with van der Waals surface area (Å²) in [5.74, 6) is 0.713. The number of rotatable bonds is 5. The molecular formula is C22H22F3N2O3-. The lowest BCUT2D eigenvalue weighted by molar-refractivity contribution is -0.137. The molecule has 1 amide bonds. The number of ether oxygens (including phenoxy) is 2. The molecule has 1 aliphatic heterocycles. The number of hydrogen-bond acceptors (Lipinski definition) is 3. The Hall–Kier alpha value is -2.90. The van der Waals surface area contributed by atoms with Gasteiger partial charge in [0.15, 0.2) is 11.5 Å². The van der Waals surface area contributed by atoms with Crippen LogP contribution >= 0.6 is 0 Å². The molecule has 1 unspecified atom stereocenters. The van der Waals surface area contributed by atoms with Crippen molar-refractivity contribution in [2.45, 2.75) is 50.4 Å². The van der Waals surface area contributed by atoms with Crippen LogP contribution < -0.4 is 14.8 Å². The molecule has 1 aliphatic carbocycles. The predicted molar refractivity (Wildman–Crippen MR) is 105 cm³/mol. The Morgan fingerprint density at radius 2 is 1.80 bits per heavy atom. The third-order valence-electron chi connectivity index (χ3n) is 5.36. The molecule has 1 atom stereocenters. The van der Waals surface area contributed by atoms with Crippen molar-refractivity contribution in [2.75, 3.05) is 6.79 Å². The Balaban J connectivity index is 1.60. The van der Waals surface area contributed by atoms with Gasteiger partial charge in [0.25, 0.3) is 0 Å². The highest BCUT2D eigenvalue weighted by Gasteiger charge is 2.30. The second-order valence-corrected chi connectivity index (χ2v) is 7.54. The Bertz CT molecular complexity index is 911. The van der Waals surface area contributed by atoms with E-state index in [-0.39, 0.29) is 24.4 Å². The van der Waals surface area contributed by atoms with Gasteiger partial charge in [0.2, 0.25) is 12.7 Å². The Morgan fingerprint density at radius 3 is 2.57 bits per heavy atom. The zero-order chi connectivity index (χ0) is 21.1. The molecular weight excluding hydrogens is 397 g/mol. The molecule has 160 valence electrons. The summed E-state index contributed by atoms with van der Waals surface area (Å²) in [6.45, 7) is 0.0858. The largest absolute Gasteiger partial charge is 0.670 e. The molecule has 2 aromatic carbocycles. The van der Waals surface area contributed by atoms with Gasteiger partial charge in [-0.25, -0.2) is 0 Å². The number of nitrogens with one attached hydrogen (secondary N) is 1. The molecule has 4 rings (SSSR count). The van der Waals surface area contributed by atoms with Crippen molar-refractivity contribution in [1.82, 2.24) is 5.32 Å². The molecule has 2 aromatic rings. The predicted octanol–water partition coefficient (Wildman–Crippen LogP) is 5.63. The van der Waals surface area contributed by atoms with Crippen molar-refractivity contribution >= 4 is 11.6 Å². The number of carbonyl (C=O) groups is 1. The second kappa shape index (κ2) is 8.45. The van der Waals surface area contributed by atoms with Crippen LogP contribution in [0.5, 0.6) is 11.5 Å². The number of carbonyl (C=O) groups excluding carboxylic acids is 1. The molecule has 0 spiro atoms. The molecule has 30 heavy (non-hydrogen) atoms. The van der Waals surface area contributed by atoms with Crippen molar-refractivity contribution in [2.24, 2.45) is 0 Å². The number of amides is 1. The van der Waals surface area contributed by atoms with Crippen LogP contribution in [0.15, 0.2) is 42.5 Å². The smallest absolute Gasteiger partial charge is 0.416 e. The van der Waals surface area contributed by atoms with Gasteiger partial charge in [0.1, 0.15) is 0 Å². The first-order chi connectivity index (χ1) is 14.4. The zero-order valence-electron chi connectivity index (χ0n) is 16.2. The van der Waals surface area contributed by atoms with Gasteiger partial charge in [0.05, 0.1) is 5.56 Å². The van der Waals surface area contributed by atoms with E-state index >= 15 is 0 Å². The van der Waals surface area contributed by atoms with E-state index in [1.807, 2.05) is 0 Å². The SMILES string of the molecule is O=C(NC1CCCCC1)C([N-]c1cccc(C(F)(F)F)c1)c1ccc2c(c1)OCO2. The van der Waals surface area contributed by atoms with Gasteiger partial charge in [-0.2, -0.15) is 13.2 Å². The fourth-order valence-corrected chi connectivity index (χ4v) is 3.81. The van der Waals surface area contributed by atoms with E-state index in [0.717, 1.165) is 44.2 Å². The minimum atomic E-state index is -4.48. The Morgan fingerprint density at radius 1 is 1.03 bits per heavy atom. The maximum atomic E-state index is 13.1. The van der Waals surface area contributed by atoms with E-state index in [2.05, 4.69) is 10.6 Å². The molecule has 5 nitrogen and oxygen atoms in total. The summed E-state index contributed by atoms with van der Waals surface area (Å²) in [5.41, 5.74) is -0.183. The fourth-order valence-electron chi connectivity index (χ4n) is 3.81. The highest BCUT2D eigenvalue weighted by Crippen LogP contribution is 2.40. The minimum Gasteiger partial charge on any atom is -0.670 e. The number of benzene rings is 2. The van der Waals surface area contributed by atoms with E-state index in [1.165, 1.54) is 12.1 Å². The van der Waals surface area contributed by atoms with Gasteiger partial charge in [0, 0.05) is 6.04 Å². The van der Waals surface area contributed by atoms with Gasteiger partial charge in [-0.3, -0.25) is 4.79 Å². The van der Waals surface area contributed by atoms with E-state index < -0.39 is 17.8 Å². The first-order valence-corrected chi connectivity index (χ1v) is 9.98. The summed E-state index contributed by atoms with van der Waals surface area (Å²) in [6.07, 6.45) is 0.540. The number of halogens is 3. The van der Waals surface area contributed by atoms with Gasteiger partial charge >= 0.3 is 6.18 Å². The summed E-state index contributed by atoms with van der Waals surface area (Å²) < 4.78 is 50.0. The molecule has 0 radical (unpaired) electrons. The summed E-state index contributed by atoms with van der Waals surface area (Å²) in [4.78, 5) is 13.1. The first kappa shape index (κ1) is 20.4. The Kier molecular flexibility index (Phi) is 5.74. The highest BCUT2D eigenvalue weighted by molar-refractivity contribution is 5.88. The molecule has 1 fully saturated rings. The van der Waals surface area contributed by atoms with Gasteiger partial charge in [-0.1, -0.05) is 49.6 Å². The molecule has 0 aromatic heterocycles. The normalized spacial score (nSPS) is 17.4. The van der Waals surface area contributed by atoms with Crippen molar-refractivity contribution < 1.29 is 27.4 Å². The van der Waals surface area contributed by atoms with Crippen LogP contribution in [-0.2, 0) is 11.0 Å². The molecule has 1 saturated carbocycles. The lowest BCUT2D eigenvalue weighted by atomic mass is 9.95. The van der Waals surface area contributed by atoms with E-state index in [4.69, 9.17) is 9.47 Å². The standard InChI is InChI=1S/C22H22F3N2O3/c23-22(24,25)15-5-4-8-17(12-15)26-20(21(28)27-16-6-2-1-3-7-16)14-9-10-18-19(11-14)30-13-29-18/h4-5,8-12,16,20H,1-3,6-7,13H2,(H,27,28)/q-1. The van der Waals surface area contributed by atoms with Crippen LogP contribution in [0.4, 0.5) is 18.9 Å². The summed E-state index contributed by atoms with van der Waals surface area (Å²) >= 11 is 0. The van der Waals surface area contributed by atoms with Crippen LogP contribution in [0, 0.1) is 0 Å².